The quantitative estimate of drug-likeness (QED) is 0.760. The van der Waals surface area contributed by atoms with Gasteiger partial charge in [0.25, 0.3) is 0 Å². The molecule has 1 saturated heterocycles. The fourth-order valence-corrected chi connectivity index (χ4v) is 3.56. The van der Waals surface area contributed by atoms with E-state index in [0.717, 1.165) is 6.20 Å². The van der Waals surface area contributed by atoms with Crippen LogP contribution in [-0.4, -0.2) is 41.8 Å². The molecule has 0 atom stereocenters. The molecule has 8 heteroatoms. The van der Waals surface area contributed by atoms with Crippen molar-refractivity contribution >= 4 is 15.6 Å². The van der Waals surface area contributed by atoms with Gasteiger partial charge in [-0.15, -0.1) is 0 Å². The van der Waals surface area contributed by atoms with Gasteiger partial charge in [-0.2, -0.15) is 0 Å². The molecule has 1 aliphatic rings. The van der Waals surface area contributed by atoms with E-state index >= 15 is 0 Å². The number of Topliss-reactive ketones (excluding diaryl/α,β-unsaturated/α-hetero) is 1. The van der Waals surface area contributed by atoms with Crippen molar-refractivity contribution in [3.8, 4) is 5.75 Å². The van der Waals surface area contributed by atoms with Gasteiger partial charge in [-0.1, -0.05) is 0 Å². The Bertz CT molecular complexity index is 869. The number of carbonyl (C=O) groups is 1. The number of ketones is 1. The fraction of sp³-hybridized carbons (Fsp3) is 0.312. The molecule has 0 bridgehead atoms. The third kappa shape index (κ3) is 3.94. The summed E-state index contributed by atoms with van der Waals surface area (Å²) in [7, 11) is -2.98. The number of carbonyl (C=O) groups excluding carboxylic acids is 1. The van der Waals surface area contributed by atoms with Crippen LogP contribution < -0.4 is 4.74 Å². The molecule has 0 spiro atoms. The van der Waals surface area contributed by atoms with Gasteiger partial charge in [-0.05, 0) is 19.1 Å². The second-order valence-corrected chi connectivity index (χ2v) is 7.87. The first kappa shape index (κ1) is 16.5. The minimum Gasteiger partial charge on any atom is -0.488 e. The molecule has 0 amide bonds. The van der Waals surface area contributed by atoms with Crippen LogP contribution in [0.2, 0.25) is 0 Å². The minimum absolute atomic E-state index is 0.00597. The lowest BCUT2D eigenvalue weighted by Gasteiger charge is -2.26. The Kier molecular flexibility index (Phi) is 4.31. The largest absolute Gasteiger partial charge is 0.488 e. The normalized spacial score (nSPS) is 16.4. The number of pyridine rings is 2. The van der Waals surface area contributed by atoms with Crippen molar-refractivity contribution in [1.29, 1.82) is 0 Å². The summed E-state index contributed by atoms with van der Waals surface area (Å²) in [5.41, 5.74) is 1.24. The predicted molar refractivity (Wildman–Crippen MR) is 84.3 cm³/mol. The molecule has 3 rings (SSSR count). The molecular formula is C16H15FN2O4S. The summed E-state index contributed by atoms with van der Waals surface area (Å²) in [6.07, 6.45) is 0.657. The topological polar surface area (TPSA) is 86.2 Å². The van der Waals surface area contributed by atoms with Crippen molar-refractivity contribution in [2.75, 3.05) is 11.5 Å². The maximum Gasteiger partial charge on any atom is 0.187 e. The number of aryl methyl sites for hydroxylation is 1. The maximum atomic E-state index is 12.8. The van der Waals surface area contributed by atoms with Crippen molar-refractivity contribution in [2.45, 2.75) is 19.4 Å². The Morgan fingerprint density at radius 2 is 2.08 bits per heavy atom. The zero-order valence-corrected chi connectivity index (χ0v) is 13.7. The highest BCUT2D eigenvalue weighted by Gasteiger charge is 2.35. The standard InChI is InChI=1S/C16H15FN2O4S/c1-10-4-13(23-14-8-24(21,22)9-14)6-15(19-10)16(20)5-12-3-2-11(17)7-18-12/h2-4,6-7,14H,5,8-9H2,1H3. The van der Waals surface area contributed by atoms with Crippen LogP contribution in [0.3, 0.4) is 0 Å². The molecule has 6 nitrogen and oxygen atoms in total. The van der Waals surface area contributed by atoms with Crippen molar-refractivity contribution < 1.29 is 22.3 Å². The maximum absolute atomic E-state index is 12.8. The summed E-state index contributed by atoms with van der Waals surface area (Å²) in [5.74, 6) is -0.360. The number of hydrogen-bond donors (Lipinski definition) is 0. The van der Waals surface area contributed by atoms with Gasteiger partial charge >= 0.3 is 0 Å². The summed E-state index contributed by atoms with van der Waals surface area (Å²) in [6, 6.07) is 5.83. The lowest BCUT2D eigenvalue weighted by atomic mass is 10.1. The summed E-state index contributed by atoms with van der Waals surface area (Å²) in [4.78, 5) is 20.4. The van der Waals surface area contributed by atoms with Crippen molar-refractivity contribution in [1.82, 2.24) is 9.97 Å². The molecule has 3 heterocycles. The Morgan fingerprint density at radius 3 is 2.71 bits per heavy atom. The Hall–Kier alpha value is -2.35. The summed E-state index contributed by atoms with van der Waals surface area (Å²) in [5, 5.41) is 0. The molecule has 0 unspecified atom stereocenters. The van der Waals surface area contributed by atoms with Gasteiger partial charge in [-0.25, -0.2) is 17.8 Å². The van der Waals surface area contributed by atoms with Gasteiger partial charge < -0.3 is 4.74 Å². The second kappa shape index (κ2) is 6.27. The molecule has 0 radical (unpaired) electrons. The number of nitrogens with zero attached hydrogens (tertiary/aromatic N) is 2. The van der Waals surface area contributed by atoms with E-state index in [4.69, 9.17) is 4.74 Å². The minimum atomic E-state index is -2.98. The fourth-order valence-electron chi connectivity index (χ4n) is 2.39. The smallest absolute Gasteiger partial charge is 0.187 e. The third-order valence-electron chi connectivity index (χ3n) is 3.53. The van der Waals surface area contributed by atoms with Crippen LogP contribution in [0, 0.1) is 12.7 Å². The molecule has 1 aliphatic heterocycles. The molecule has 2 aromatic rings. The van der Waals surface area contributed by atoms with Crippen LogP contribution in [0.5, 0.6) is 5.75 Å². The van der Waals surface area contributed by atoms with Crippen LogP contribution in [0.25, 0.3) is 0 Å². The van der Waals surface area contributed by atoms with Crippen molar-refractivity contribution in [3.63, 3.8) is 0 Å². The highest BCUT2D eigenvalue weighted by atomic mass is 32.2. The number of sulfone groups is 1. The number of aromatic nitrogens is 2. The summed E-state index contributed by atoms with van der Waals surface area (Å²) < 4.78 is 40.8. The highest BCUT2D eigenvalue weighted by Crippen LogP contribution is 2.21. The van der Waals surface area contributed by atoms with E-state index in [2.05, 4.69) is 9.97 Å². The van der Waals surface area contributed by atoms with Crippen LogP contribution in [0.1, 0.15) is 21.9 Å². The average Bonchev–Trinajstić information content (AvgIpc) is 2.47. The molecule has 24 heavy (non-hydrogen) atoms. The van der Waals surface area contributed by atoms with Gasteiger partial charge in [0.05, 0.1) is 24.1 Å². The van der Waals surface area contributed by atoms with Crippen LogP contribution in [0.4, 0.5) is 4.39 Å². The van der Waals surface area contributed by atoms with Crippen molar-refractivity contribution in [3.05, 3.63) is 53.4 Å². The lowest BCUT2D eigenvalue weighted by Crippen LogP contribution is -2.45. The monoisotopic (exact) mass is 350 g/mol. The number of hydrogen-bond acceptors (Lipinski definition) is 6. The van der Waals surface area contributed by atoms with E-state index in [1.807, 2.05) is 0 Å². The van der Waals surface area contributed by atoms with Gasteiger partial charge in [0.2, 0.25) is 0 Å². The molecule has 126 valence electrons. The molecule has 2 aromatic heterocycles. The van der Waals surface area contributed by atoms with E-state index in [-0.39, 0.29) is 29.4 Å². The summed E-state index contributed by atoms with van der Waals surface area (Å²) >= 11 is 0. The van der Waals surface area contributed by atoms with Crippen LogP contribution in [-0.2, 0) is 16.3 Å². The van der Waals surface area contributed by atoms with Gasteiger partial charge in [0.1, 0.15) is 23.4 Å². The van der Waals surface area contributed by atoms with Crippen LogP contribution >= 0.6 is 0 Å². The van der Waals surface area contributed by atoms with Gasteiger partial charge in [0.15, 0.2) is 15.6 Å². The zero-order chi connectivity index (χ0) is 17.3. The molecule has 0 saturated carbocycles. The SMILES string of the molecule is Cc1cc(OC2CS(=O)(=O)C2)cc(C(=O)Cc2ccc(F)cn2)n1. The first-order valence-electron chi connectivity index (χ1n) is 7.30. The van der Waals surface area contributed by atoms with Crippen molar-refractivity contribution in [2.24, 2.45) is 0 Å². The van der Waals surface area contributed by atoms with Gasteiger partial charge in [0, 0.05) is 23.5 Å². The number of rotatable bonds is 5. The molecule has 1 fully saturated rings. The van der Waals surface area contributed by atoms with E-state index in [1.54, 1.807) is 13.0 Å². The zero-order valence-electron chi connectivity index (χ0n) is 12.9. The lowest BCUT2D eigenvalue weighted by molar-refractivity contribution is 0.0986. The van der Waals surface area contributed by atoms with E-state index in [1.165, 1.54) is 18.2 Å². The molecular weight excluding hydrogens is 335 g/mol. The van der Waals surface area contributed by atoms with E-state index in [9.17, 15) is 17.6 Å². The van der Waals surface area contributed by atoms with Crippen LogP contribution in [0.15, 0.2) is 30.5 Å². The Labute approximate surface area is 138 Å². The van der Waals surface area contributed by atoms with Gasteiger partial charge in [-0.3, -0.25) is 9.78 Å². The van der Waals surface area contributed by atoms with E-state index < -0.39 is 21.8 Å². The first-order chi connectivity index (χ1) is 11.3. The van der Waals surface area contributed by atoms with E-state index in [0.29, 0.717) is 17.1 Å². The Balaban J connectivity index is 1.73. The molecule has 0 aromatic carbocycles. The number of ether oxygens (including phenoxy) is 1. The number of halogens is 1. The first-order valence-corrected chi connectivity index (χ1v) is 9.12. The highest BCUT2D eigenvalue weighted by molar-refractivity contribution is 7.92. The molecule has 0 N–H and O–H groups in total. The summed E-state index contributed by atoms with van der Waals surface area (Å²) in [6.45, 7) is 1.72. The Morgan fingerprint density at radius 1 is 1.33 bits per heavy atom. The third-order valence-corrected chi connectivity index (χ3v) is 5.28. The molecule has 0 aliphatic carbocycles. The average molecular weight is 350 g/mol. The predicted octanol–water partition coefficient (Wildman–Crippen LogP) is 1.53. The second-order valence-electron chi connectivity index (χ2n) is 5.71.